The number of carbonyl (C=O) groups excluding carboxylic acids is 1. The summed E-state index contributed by atoms with van der Waals surface area (Å²) in [6.07, 6.45) is 0. The van der Waals surface area contributed by atoms with Gasteiger partial charge in [-0.15, -0.1) is 11.3 Å². The number of nitro benzene ring substituents is 1. The third-order valence-electron chi connectivity index (χ3n) is 3.97. The van der Waals surface area contributed by atoms with Crippen LogP contribution in [0.1, 0.15) is 0 Å². The lowest BCUT2D eigenvalue weighted by molar-refractivity contribution is -0.384. The molecule has 0 spiro atoms. The number of thiazole rings is 1. The molecule has 3 rings (SSSR count). The fraction of sp³-hybridized carbons (Fsp3) is 0.375. The molecular weight excluding hydrogens is 344 g/mol. The van der Waals surface area contributed by atoms with Crippen LogP contribution in [0.3, 0.4) is 0 Å². The minimum absolute atomic E-state index is 0.0174. The Labute approximate surface area is 148 Å². The molecule has 25 heavy (non-hydrogen) atoms. The van der Waals surface area contributed by atoms with Crippen molar-refractivity contribution in [2.24, 2.45) is 0 Å². The SMILES string of the molecule is CN(C(=O)CN1CCOCC1)c1nc(-c2cccc([N+](=O)[O-])c2)cs1. The van der Waals surface area contributed by atoms with Crippen molar-refractivity contribution in [3.8, 4) is 11.3 Å². The monoisotopic (exact) mass is 362 g/mol. The van der Waals surface area contributed by atoms with E-state index in [-0.39, 0.29) is 11.6 Å². The molecule has 8 nitrogen and oxygen atoms in total. The summed E-state index contributed by atoms with van der Waals surface area (Å²) in [6.45, 7) is 3.11. The average Bonchev–Trinajstić information content (AvgIpc) is 3.12. The van der Waals surface area contributed by atoms with E-state index in [1.807, 2.05) is 0 Å². The molecule has 1 aromatic carbocycles. The lowest BCUT2D eigenvalue weighted by Gasteiger charge is -2.27. The number of hydrogen-bond donors (Lipinski definition) is 0. The molecule has 1 fully saturated rings. The number of nitrogens with zero attached hydrogens (tertiary/aromatic N) is 4. The Morgan fingerprint density at radius 2 is 2.20 bits per heavy atom. The lowest BCUT2D eigenvalue weighted by Crippen LogP contribution is -2.43. The van der Waals surface area contributed by atoms with Gasteiger partial charge in [-0.25, -0.2) is 4.98 Å². The van der Waals surface area contributed by atoms with Crippen LogP contribution in [0, 0.1) is 10.1 Å². The van der Waals surface area contributed by atoms with Gasteiger partial charge in [0.25, 0.3) is 5.69 Å². The van der Waals surface area contributed by atoms with E-state index in [9.17, 15) is 14.9 Å². The Morgan fingerprint density at radius 1 is 1.44 bits per heavy atom. The number of ether oxygens (including phenoxy) is 1. The summed E-state index contributed by atoms with van der Waals surface area (Å²) in [5.74, 6) is -0.0400. The number of non-ortho nitro benzene ring substituents is 1. The molecule has 0 atom stereocenters. The van der Waals surface area contributed by atoms with Gasteiger partial charge in [0.15, 0.2) is 5.13 Å². The fourth-order valence-electron chi connectivity index (χ4n) is 2.49. The fourth-order valence-corrected chi connectivity index (χ4v) is 3.31. The minimum Gasteiger partial charge on any atom is -0.379 e. The van der Waals surface area contributed by atoms with Crippen molar-refractivity contribution < 1.29 is 14.5 Å². The van der Waals surface area contributed by atoms with Gasteiger partial charge in [-0.2, -0.15) is 0 Å². The first-order chi connectivity index (χ1) is 12.0. The van der Waals surface area contributed by atoms with Crippen LogP contribution in [0.25, 0.3) is 11.3 Å². The van der Waals surface area contributed by atoms with Gasteiger partial charge in [0.05, 0.1) is 30.4 Å². The number of benzene rings is 1. The van der Waals surface area contributed by atoms with Gasteiger partial charge in [-0.3, -0.25) is 24.7 Å². The quantitative estimate of drug-likeness (QED) is 0.597. The molecule has 1 aromatic heterocycles. The molecule has 2 aromatic rings. The highest BCUT2D eigenvalue weighted by Gasteiger charge is 2.20. The smallest absolute Gasteiger partial charge is 0.270 e. The van der Waals surface area contributed by atoms with Crippen LogP contribution in [-0.4, -0.2) is 60.6 Å². The molecule has 0 aliphatic carbocycles. The summed E-state index contributed by atoms with van der Waals surface area (Å²) in [7, 11) is 1.69. The highest BCUT2D eigenvalue weighted by Crippen LogP contribution is 2.29. The summed E-state index contributed by atoms with van der Waals surface area (Å²) in [4.78, 5) is 30.9. The van der Waals surface area contributed by atoms with Crippen molar-refractivity contribution in [3.63, 3.8) is 0 Å². The molecule has 2 heterocycles. The summed E-state index contributed by atoms with van der Waals surface area (Å²) in [5, 5.41) is 13.3. The van der Waals surface area contributed by atoms with E-state index in [1.165, 1.54) is 28.4 Å². The van der Waals surface area contributed by atoms with Crippen molar-refractivity contribution in [3.05, 3.63) is 39.8 Å². The predicted octanol–water partition coefficient (Wildman–Crippen LogP) is 2.01. The normalized spacial score (nSPS) is 15.1. The van der Waals surface area contributed by atoms with Crippen LogP contribution in [0.4, 0.5) is 10.8 Å². The van der Waals surface area contributed by atoms with Crippen molar-refractivity contribution in [1.82, 2.24) is 9.88 Å². The summed E-state index contributed by atoms with van der Waals surface area (Å²) < 4.78 is 5.28. The molecule has 0 saturated carbocycles. The number of anilines is 1. The minimum atomic E-state index is -0.436. The van der Waals surface area contributed by atoms with Gasteiger partial charge >= 0.3 is 0 Å². The highest BCUT2D eigenvalue weighted by atomic mass is 32.1. The van der Waals surface area contributed by atoms with Crippen LogP contribution in [0.5, 0.6) is 0 Å². The van der Waals surface area contributed by atoms with E-state index in [0.717, 1.165) is 13.1 Å². The zero-order chi connectivity index (χ0) is 17.8. The van der Waals surface area contributed by atoms with Crippen LogP contribution in [0.2, 0.25) is 0 Å². The summed E-state index contributed by atoms with van der Waals surface area (Å²) in [6, 6.07) is 6.31. The van der Waals surface area contributed by atoms with Crippen LogP contribution in [-0.2, 0) is 9.53 Å². The first-order valence-electron chi connectivity index (χ1n) is 7.81. The highest BCUT2D eigenvalue weighted by molar-refractivity contribution is 7.14. The van der Waals surface area contributed by atoms with E-state index in [4.69, 9.17) is 4.74 Å². The van der Waals surface area contributed by atoms with Gasteiger partial charge in [-0.05, 0) is 0 Å². The number of nitro groups is 1. The number of morpholine rings is 1. The first kappa shape index (κ1) is 17.5. The Bertz CT molecular complexity index is 773. The molecular formula is C16H18N4O4S. The molecule has 1 aliphatic rings. The Morgan fingerprint density at radius 3 is 2.92 bits per heavy atom. The largest absolute Gasteiger partial charge is 0.379 e. The van der Waals surface area contributed by atoms with Crippen molar-refractivity contribution in [2.75, 3.05) is 44.8 Å². The lowest BCUT2D eigenvalue weighted by atomic mass is 10.1. The second-order valence-corrected chi connectivity index (χ2v) is 6.50. The Balaban J connectivity index is 1.70. The molecule has 132 valence electrons. The molecule has 1 saturated heterocycles. The van der Waals surface area contributed by atoms with Crippen LogP contribution >= 0.6 is 11.3 Å². The van der Waals surface area contributed by atoms with Crippen molar-refractivity contribution >= 4 is 28.1 Å². The zero-order valence-electron chi connectivity index (χ0n) is 13.8. The topological polar surface area (TPSA) is 88.8 Å². The average molecular weight is 362 g/mol. The number of likely N-dealkylation sites (N-methyl/N-ethyl adjacent to an activating group) is 1. The van der Waals surface area contributed by atoms with Crippen molar-refractivity contribution in [2.45, 2.75) is 0 Å². The van der Waals surface area contributed by atoms with Crippen LogP contribution < -0.4 is 4.90 Å². The summed E-state index contributed by atoms with van der Waals surface area (Å²) >= 11 is 1.34. The standard InChI is InChI=1S/C16H18N4O4S/c1-18(15(21)10-19-5-7-24-8-6-19)16-17-14(11-25-16)12-3-2-4-13(9-12)20(22)23/h2-4,9,11H,5-8,10H2,1H3. The molecule has 0 N–H and O–H groups in total. The van der Waals surface area contributed by atoms with Gasteiger partial charge in [0.1, 0.15) is 0 Å². The maximum atomic E-state index is 12.4. The molecule has 1 aliphatic heterocycles. The zero-order valence-corrected chi connectivity index (χ0v) is 14.6. The molecule has 0 radical (unpaired) electrons. The molecule has 0 bridgehead atoms. The third-order valence-corrected chi connectivity index (χ3v) is 4.89. The van der Waals surface area contributed by atoms with E-state index in [1.54, 1.807) is 24.6 Å². The number of rotatable bonds is 5. The van der Waals surface area contributed by atoms with E-state index in [2.05, 4.69) is 9.88 Å². The van der Waals surface area contributed by atoms with Gasteiger partial charge in [0.2, 0.25) is 5.91 Å². The number of amides is 1. The second-order valence-electron chi connectivity index (χ2n) is 5.66. The number of hydrogen-bond acceptors (Lipinski definition) is 7. The molecule has 0 unspecified atom stereocenters. The number of aromatic nitrogens is 1. The molecule has 9 heteroatoms. The van der Waals surface area contributed by atoms with E-state index >= 15 is 0 Å². The van der Waals surface area contributed by atoms with E-state index in [0.29, 0.717) is 36.1 Å². The second kappa shape index (κ2) is 7.68. The summed E-state index contributed by atoms with van der Waals surface area (Å²) in [5.41, 5.74) is 1.30. The van der Waals surface area contributed by atoms with Crippen LogP contribution in [0.15, 0.2) is 29.6 Å². The third kappa shape index (κ3) is 4.19. The van der Waals surface area contributed by atoms with E-state index < -0.39 is 4.92 Å². The van der Waals surface area contributed by atoms with Crippen molar-refractivity contribution in [1.29, 1.82) is 0 Å². The first-order valence-corrected chi connectivity index (χ1v) is 8.69. The maximum Gasteiger partial charge on any atom is 0.270 e. The van der Waals surface area contributed by atoms with Gasteiger partial charge < -0.3 is 4.74 Å². The maximum absolute atomic E-state index is 12.4. The predicted molar refractivity (Wildman–Crippen MR) is 94.9 cm³/mol. The van der Waals surface area contributed by atoms with Gasteiger partial charge in [-0.1, -0.05) is 12.1 Å². The van der Waals surface area contributed by atoms with Gasteiger partial charge in [0, 0.05) is 43.2 Å². The Kier molecular flexibility index (Phi) is 5.37. The Hall–Kier alpha value is -2.36. The molecule has 1 amide bonds. The number of carbonyl (C=O) groups is 1.